The Morgan fingerprint density at radius 2 is 1.96 bits per heavy atom. The lowest BCUT2D eigenvalue weighted by molar-refractivity contribution is -0.141. The molecule has 5 nitrogen and oxygen atoms in total. The summed E-state index contributed by atoms with van der Waals surface area (Å²) in [7, 11) is 0. The maximum atomic E-state index is 13.1. The molecule has 0 aliphatic carbocycles. The van der Waals surface area contributed by atoms with E-state index in [4.69, 9.17) is 4.42 Å². The van der Waals surface area contributed by atoms with Gasteiger partial charge in [-0.2, -0.15) is 13.2 Å². The standard InChI is InChI=1S/C18H14F3N3O2S2/c1-27-14-7-3-2-5-11(14)22-16(25)10-28-17-23-12(13-6-4-8-26-13)9-15(24-17)18(19,20)21/h2-9H,10H2,1H3,(H,22,25). The minimum absolute atomic E-state index is 0.00274. The monoisotopic (exact) mass is 425 g/mol. The van der Waals surface area contributed by atoms with Crippen LogP contribution in [-0.2, 0) is 11.0 Å². The molecule has 0 fully saturated rings. The van der Waals surface area contributed by atoms with Crippen LogP contribution in [0.3, 0.4) is 0 Å². The van der Waals surface area contributed by atoms with Gasteiger partial charge in [0.05, 0.1) is 17.7 Å². The van der Waals surface area contributed by atoms with Gasteiger partial charge in [0.15, 0.2) is 10.9 Å². The van der Waals surface area contributed by atoms with E-state index in [1.807, 2.05) is 18.4 Å². The number of furan rings is 1. The number of anilines is 1. The van der Waals surface area contributed by atoms with Crippen LogP contribution in [-0.4, -0.2) is 27.9 Å². The molecule has 0 radical (unpaired) electrons. The summed E-state index contributed by atoms with van der Waals surface area (Å²) in [5.41, 5.74) is -0.450. The summed E-state index contributed by atoms with van der Waals surface area (Å²) in [6.07, 6.45) is -1.42. The van der Waals surface area contributed by atoms with Crippen molar-refractivity contribution in [3.05, 3.63) is 54.4 Å². The quantitative estimate of drug-likeness (QED) is 0.432. The molecule has 2 aromatic heterocycles. The lowest BCUT2D eigenvalue weighted by Crippen LogP contribution is -2.15. The molecule has 1 aromatic carbocycles. The average molecular weight is 425 g/mol. The van der Waals surface area contributed by atoms with Crippen molar-refractivity contribution in [3.8, 4) is 11.5 Å². The highest BCUT2D eigenvalue weighted by Crippen LogP contribution is 2.32. The summed E-state index contributed by atoms with van der Waals surface area (Å²) >= 11 is 2.30. The molecular formula is C18H14F3N3O2S2. The molecule has 0 saturated carbocycles. The number of hydrogen-bond donors (Lipinski definition) is 1. The van der Waals surface area contributed by atoms with Crippen LogP contribution in [0.4, 0.5) is 18.9 Å². The molecule has 1 amide bonds. The number of thioether (sulfide) groups is 2. The van der Waals surface area contributed by atoms with Crippen LogP contribution in [0.5, 0.6) is 0 Å². The minimum Gasteiger partial charge on any atom is -0.463 e. The highest BCUT2D eigenvalue weighted by Gasteiger charge is 2.34. The van der Waals surface area contributed by atoms with Gasteiger partial charge in [-0.05, 0) is 36.6 Å². The predicted molar refractivity (Wildman–Crippen MR) is 102 cm³/mol. The molecule has 2 heterocycles. The Morgan fingerprint density at radius 1 is 1.18 bits per heavy atom. The van der Waals surface area contributed by atoms with Gasteiger partial charge in [-0.15, -0.1) is 11.8 Å². The molecule has 0 atom stereocenters. The van der Waals surface area contributed by atoms with Gasteiger partial charge in [0.25, 0.3) is 0 Å². The van der Waals surface area contributed by atoms with Gasteiger partial charge < -0.3 is 9.73 Å². The van der Waals surface area contributed by atoms with Crippen LogP contribution in [0.25, 0.3) is 11.5 Å². The molecule has 0 saturated heterocycles. The second-order valence-corrected chi connectivity index (χ2v) is 7.22. The number of carbonyl (C=O) groups is 1. The molecule has 3 aromatic rings. The Bertz CT molecular complexity index is 963. The third-order valence-corrected chi connectivity index (χ3v) is 5.13. The van der Waals surface area contributed by atoms with Crippen LogP contribution >= 0.6 is 23.5 Å². The summed E-state index contributed by atoms with van der Waals surface area (Å²) in [6, 6.07) is 11.1. The van der Waals surface area contributed by atoms with Crippen molar-refractivity contribution >= 4 is 35.1 Å². The fraction of sp³-hybridized carbons (Fsp3) is 0.167. The maximum absolute atomic E-state index is 13.1. The van der Waals surface area contributed by atoms with Crippen molar-refractivity contribution in [2.75, 3.05) is 17.3 Å². The second kappa shape index (κ2) is 8.70. The lowest BCUT2D eigenvalue weighted by atomic mass is 10.2. The summed E-state index contributed by atoms with van der Waals surface area (Å²) in [4.78, 5) is 20.7. The molecule has 0 aliphatic rings. The van der Waals surface area contributed by atoms with Crippen molar-refractivity contribution in [2.45, 2.75) is 16.2 Å². The number of benzene rings is 1. The number of alkyl halides is 3. The fourth-order valence-corrected chi connectivity index (χ4v) is 3.46. The third kappa shape index (κ3) is 5.08. The van der Waals surface area contributed by atoms with Gasteiger partial charge in [0.1, 0.15) is 11.4 Å². The van der Waals surface area contributed by atoms with E-state index in [1.165, 1.54) is 24.1 Å². The number of nitrogens with zero attached hydrogens (tertiary/aromatic N) is 2. The first kappa shape index (κ1) is 20.3. The Hall–Kier alpha value is -2.46. The van der Waals surface area contributed by atoms with Crippen molar-refractivity contribution in [2.24, 2.45) is 0 Å². The normalized spacial score (nSPS) is 11.4. The molecule has 28 heavy (non-hydrogen) atoms. The largest absolute Gasteiger partial charge is 0.463 e. The van der Waals surface area contributed by atoms with Gasteiger partial charge in [0, 0.05) is 4.90 Å². The van der Waals surface area contributed by atoms with E-state index in [-0.39, 0.29) is 28.3 Å². The number of rotatable bonds is 6. The number of aromatic nitrogens is 2. The Kier molecular flexibility index (Phi) is 6.30. The SMILES string of the molecule is CSc1ccccc1NC(=O)CSc1nc(-c2ccco2)cc(C(F)(F)F)n1. The molecule has 3 rings (SSSR count). The predicted octanol–water partition coefficient (Wildman–Crippen LogP) is 5.21. The topological polar surface area (TPSA) is 68.0 Å². The second-order valence-electron chi connectivity index (χ2n) is 5.43. The summed E-state index contributed by atoms with van der Waals surface area (Å²) in [5.74, 6) is -0.318. The average Bonchev–Trinajstić information content (AvgIpc) is 3.21. The Morgan fingerprint density at radius 3 is 2.64 bits per heavy atom. The highest BCUT2D eigenvalue weighted by molar-refractivity contribution is 7.99. The molecule has 10 heteroatoms. The first-order chi connectivity index (χ1) is 13.4. The number of carbonyl (C=O) groups excluding carboxylic acids is 1. The zero-order chi connectivity index (χ0) is 20.1. The number of amides is 1. The first-order valence-corrected chi connectivity index (χ1v) is 10.1. The van der Waals surface area contributed by atoms with E-state index >= 15 is 0 Å². The van der Waals surface area contributed by atoms with E-state index in [0.717, 1.165) is 22.7 Å². The van der Waals surface area contributed by atoms with Gasteiger partial charge in [-0.1, -0.05) is 23.9 Å². The number of nitrogens with one attached hydrogen (secondary N) is 1. The molecular weight excluding hydrogens is 411 g/mol. The van der Waals surface area contributed by atoms with Crippen LogP contribution in [0.15, 0.2) is 63.2 Å². The summed E-state index contributed by atoms with van der Waals surface area (Å²) < 4.78 is 44.6. The molecule has 1 N–H and O–H groups in total. The van der Waals surface area contributed by atoms with E-state index in [1.54, 1.807) is 18.2 Å². The number of hydrogen-bond acceptors (Lipinski definition) is 6. The van der Waals surface area contributed by atoms with Crippen LogP contribution in [0.2, 0.25) is 0 Å². The molecule has 0 spiro atoms. The minimum atomic E-state index is -4.64. The van der Waals surface area contributed by atoms with Gasteiger partial charge >= 0.3 is 6.18 Å². The number of halogens is 3. The molecule has 0 aliphatic heterocycles. The Balaban J connectivity index is 1.76. The molecule has 0 bridgehead atoms. The van der Waals surface area contributed by atoms with Crippen molar-refractivity contribution in [1.29, 1.82) is 0 Å². The van der Waals surface area contributed by atoms with Crippen LogP contribution < -0.4 is 5.32 Å². The smallest absolute Gasteiger partial charge is 0.433 e. The molecule has 146 valence electrons. The van der Waals surface area contributed by atoms with Gasteiger partial charge in [0.2, 0.25) is 5.91 Å². The summed E-state index contributed by atoms with van der Waals surface area (Å²) in [6.45, 7) is 0. The fourth-order valence-electron chi connectivity index (χ4n) is 2.25. The van der Waals surface area contributed by atoms with Crippen molar-refractivity contribution in [3.63, 3.8) is 0 Å². The summed E-state index contributed by atoms with van der Waals surface area (Å²) in [5, 5.41) is 2.58. The maximum Gasteiger partial charge on any atom is 0.433 e. The van der Waals surface area contributed by atoms with E-state index in [0.29, 0.717) is 5.69 Å². The third-order valence-electron chi connectivity index (χ3n) is 3.48. The lowest BCUT2D eigenvalue weighted by Gasteiger charge is -2.10. The number of para-hydroxylation sites is 1. The molecule has 0 unspecified atom stereocenters. The van der Waals surface area contributed by atoms with Crippen LogP contribution in [0.1, 0.15) is 5.69 Å². The first-order valence-electron chi connectivity index (χ1n) is 7.92. The van der Waals surface area contributed by atoms with E-state index < -0.39 is 11.9 Å². The van der Waals surface area contributed by atoms with E-state index in [2.05, 4.69) is 15.3 Å². The van der Waals surface area contributed by atoms with E-state index in [9.17, 15) is 18.0 Å². The van der Waals surface area contributed by atoms with Crippen molar-refractivity contribution < 1.29 is 22.4 Å². The Labute approximate surface area is 167 Å². The van der Waals surface area contributed by atoms with Crippen molar-refractivity contribution in [1.82, 2.24) is 9.97 Å². The highest BCUT2D eigenvalue weighted by atomic mass is 32.2. The zero-order valence-electron chi connectivity index (χ0n) is 14.5. The van der Waals surface area contributed by atoms with Crippen LogP contribution in [0, 0.1) is 0 Å². The van der Waals surface area contributed by atoms with Gasteiger partial charge in [-0.3, -0.25) is 4.79 Å². The zero-order valence-corrected chi connectivity index (χ0v) is 16.1. The van der Waals surface area contributed by atoms with Gasteiger partial charge in [-0.25, -0.2) is 9.97 Å².